The number of aryl methyl sites for hydroxylation is 1. The number of rotatable bonds is 9. The van der Waals surface area contributed by atoms with E-state index in [2.05, 4.69) is 20.8 Å². The first-order valence-electron chi connectivity index (χ1n) is 12.9. The van der Waals surface area contributed by atoms with Crippen LogP contribution >= 0.6 is 11.8 Å². The Kier molecular flexibility index (Phi) is 9.36. The molecular formula is C28H34N6O4S. The molecule has 1 aromatic heterocycles. The molecule has 1 aliphatic heterocycles. The van der Waals surface area contributed by atoms with Crippen LogP contribution in [-0.2, 0) is 16.6 Å². The fourth-order valence-electron chi connectivity index (χ4n) is 4.27. The van der Waals surface area contributed by atoms with Crippen molar-refractivity contribution in [2.24, 2.45) is 13.0 Å². The number of ether oxygens (including phenoxy) is 1. The van der Waals surface area contributed by atoms with Crippen molar-refractivity contribution in [1.82, 2.24) is 25.0 Å². The van der Waals surface area contributed by atoms with Gasteiger partial charge in [0.15, 0.2) is 11.0 Å². The largest absolute Gasteiger partial charge is 0.378 e. The highest BCUT2D eigenvalue weighted by Crippen LogP contribution is 2.25. The van der Waals surface area contributed by atoms with Gasteiger partial charge in [0.25, 0.3) is 11.8 Å². The van der Waals surface area contributed by atoms with E-state index in [1.54, 1.807) is 39.8 Å². The first-order chi connectivity index (χ1) is 18.7. The lowest BCUT2D eigenvalue weighted by Gasteiger charge is -2.27. The summed E-state index contributed by atoms with van der Waals surface area (Å²) in [5.74, 6) is 0.301. The van der Waals surface area contributed by atoms with E-state index >= 15 is 0 Å². The summed E-state index contributed by atoms with van der Waals surface area (Å²) in [5, 5.41) is 15.1. The van der Waals surface area contributed by atoms with Crippen molar-refractivity contribution in [2.45, 2.75) is 32.0 Å². The van der Waals surface area contributed by atoms with Gasteiger partial charge in [0.1, 0.15) is 0 Å². The topological polar surface area (TPSA) is 118 Å². The summed E-state index contributed by atoms with van der Waals surface area (Å²) >= 11 is 1.25. The Bertz CT molecular complexity index is 1340. The Morgan fingerprint density at radius 3 is 2.46 bits per heavy atom. The number of hydrogen-bond donors (Lipinski definition) is 2. The van der Waals surface area contributed by atoms with Gasteiger partial charge >= 0.3 is 0 Å². The van der Waals surface area contributed by atoms with Crippen LogP contribution in [0.25, 0.3) is 0 Å². The molecule has 3 aromatic rings. The minimum Gasteiger partial charge on any atom is -0.378 e. The van der Waals surface area contributed by atoms with Crippen LogP contribution in [0.3, 0.4) is 0 Å². The van der Waals surface area contributed by atoms with Crippen molar-refractivity contribution in [3.05, 3.63) is 71.0 Å². The highest BCUT2D eigenvalue weighted by Gasteiger charge is 2.25. The molecule has 0 radical (unpaired) electrons. The van der Waals surface area contributed by atoms with Crippen LogP contribution in [-0.4, -0.2) is 69.4 Å². The highest BCUT2D eigenvalue weighted by molar-refractivity contribution is 7.99. The van der Waals surface area contributed by atoms with Crippen LogP contribution in [0.2, 0.25) is 0 Å². The maximum Gasteiger partial charge on any atom is 0.254 e. The van der Waals surface area contributed by atoms with E-state index in [9.17, 15) is 14.4 Å². The third kappa shape index (κ3) is 7.24. The first kappa shape index (κ1) is 28.3. The number of carbonyl (C=O) groups is 3. The average Bonchev–Trinajstić information content (AvgIpc) is 3.30. The number of aromatic nitrogens is 3. The smallest absolute Gasteiger partial charge is 0.254 e. The van der Waals surface area contributed by atoms with Gasteiger partial charge in [0.05, 0.1) is 25.0 Å². The summed E-state index contributed by atoms with van der Waals surface area (Å²) in [6, 6.07) is 14.0. The van der Waals surface area contributed by atoms with Crippen LogP contribution in [0.1, 0.15) is 52.0 Å². The van der Waals surface area contributed by atoms with E-state index in [1.165, 1.54) is 11.8 Å². The molecule has 2 heterocycles. The lowest BCUT2D eigenvalue weighted by Crippen LogP contribution is -2.40. The average molecular weight is 551 g/mol. The molecule has 0 aliphatic carbocycles. The molecule has 4 rings (SSSR count). The van der Waals surface area contributed by atoms with Gasteiger partial charge in [-0.1, -0.05) is 49.4 Å². The molecule has 0 bridgehead atoms. The van der Waals surface area contributed by atoms with Gasteiger partial charge in [-0.25, -0.2) is 0 Å². The second-order valence-corrected chi connectivity index (χ2v) is 10.7. The second-order valence-electron chi connectivity index (χ2n) is 9.79. The molecule has 206 valence electrons. The fraction of sp³-hybridized carbons (Fsp3) is 0.393. The molecule has 39 heavy (non-hydrogen) atoms. The second kappa shape index (κ2) is 12.9. The van der Waals surface area contributed by atoms with Crippen LogP contribution in [0, 0.1) is 12.8 Å². The van der Waals surface area contributed by atoms with E-state index in [0.717, 1.165) is 5.56 Å². The van der Waals surface area contributed by atoms with Crippen molar-refractivity contribution in [2.75, 3.05) is 37.4 Å². The molecule has 11 heteroatoms. The molecule has 2 N–H and O–H groups in total. The van der Waals surface area contributed by atoms with Crippen LogP contribution in [0.5, 0.6) is 0 Å². The van der Waals surface area contributed by atoms with Gasteiger partial charge in [0.2, 0.25) is 5.91 Å². The fourth-order valence-corrected chi connectivity index (χ4v) is 4.99. The number of nitrogens with zero attached hydrogens (tertiary/aromatic N) is 4. The predicted octanol–water partition coefficient (Wildman–Crippen LogP) is 3.45. The van der Waals surface area contributed by atoms with Crippen LogP contribution < -0.4 is 10.6 Å². The number of benzene rings is 2. The molecule has 10 nitrogen and oxygen atoms in total. The highest BCUT2D eigenvalue weighted by atomic mass is 32.2. The number of hydrogen-bond acceptors (Lipinski definition) is 7. The first-order valence-corrected chi connectivity index (χ1v) is 13.9. The monoisotopic (exact) mass is 550 g/mol. The third-order valence-corrected chi connectivity index (χ3v) is 7.42. The van der Waals surface area contributed by atoms with E-state index in [-0.39, 0.29) is 35.4 Å². The van der Waals surface area contributed by atoms with Crippen molar-refractivity contribution < 1.29 is 19.1 Å². The molecule has 1 fully saturated rings. The quantitative estimate of drug-likeness (QED) is 0.392. The molecule has 1 aliphatic rings. The summed E-state index contributed by atoms with van der Waals surface area (Å²) in [4.78, 5) is 40.1. The molecular weight excluding hydrogens is 516 g/mol. The van der Waals surface area contributed by atoms with Crippen molar-refractivity contribution >= 4 is 35.2 Å². The standard InChI is InChI=1S/C28H34N6O4S/c1-18(2)24(30-26(36)20-8-5-7-19(3)15-20)25-31-32-28(33(25)4)39-17-23(35)29-22-10-6-9-21(16-22)27(37)34-11-13-38-14-12-34/h5-10,15-16,18,24H,11-14,17H2,1-4H3,(H,29,35)(H,30,36)/t24-/m1/s1. The zero-order chi connectivity index (χ0) is 27.9. The van der Waals surface area contributed by atoms with Crippen LogP contribution in [0.4, 0.5) is 5.69 Å². The van der Waals surface area contributed by atoms with Gasteiger partial charge in [0, 0.05) is 37.0 Å². The summed E-state index contributed by atoms with van der Waals surface area (Å²) in [6.07, 6.45) is 0. The zero-order valence-electron chi connectivity index (χ0n) is 22.6. The normalized spacial score (nSPS) is 14.2. The Hall–Kier alpha value is -3.70. The predicted molar refractivity (Wildman–Crippen MR) is 150 cm³/mol. The molecule has 2 aromatic carbocycles. The van der Waals surface area contributed by atoms with Crippen molar-refractivity contribution in [1.29, 1.82) is 0 Å². The summed E-state index contributed by atoms with van der Waals surface area (Å²) in [5.41, 5.74) is 2.67. The minimum atomic E-state index is -0.356. The Balaban J connectivity index is 1.36. The zero-order valence-corrected chi connectivity index (χ0v) is 23.5. The summed E-state index contributed by atoms with van der Waals surface area (Å²) in [6.45, 7) is 8.13. The SMILES string of the molecule is Cc1cccc(C(=O)N[C@@H](c2nnc(SCC(=O)Nc3cccc(C(=O)N4CCOCC4)c3)n2C)C(C)C)c1. The molecule has 0 saturated carbocycles. The Morgan fingerprint density at radius 1 is 1.03 bits per heavy atom. The Labute approximate surface area is 232 Å². The van der Waals surface area contributed by atoms with Gasteiger partial charge in [-0.2, -0.15) is 0 Å². The lowest BCUT2D eigenvalue weighted by atomic mass is 10.0. The van der Waals surface area contributed by atoms with Gasteiger partial charge in [-0.05, 0) is 43.2 Å². The summed E-state index contributed by atoms with van der Waals surface area (Å²) in [7, 11) is 1.82. The molecule has 1 saturated heterocycles. The maximum absolute atomic E-state index is 12.9. The van der Waals surface area contributed by atoms with Gasteiger partial charge in [-0.15, -0.1) is 10.2 Å². The Morgan fingerprint density at radius 2 is 1.74 bits per heavy atom. The van der Waals surface area contributed by atoms with E-state index in [1.807, 2.05) is 46.0 Å². The number of carbonyl (C=O) groups excluding carboxylic acids is 3. The summed E-state index contributed by atoms with van der Waals surface area (Å²) < 4.78 is 7.12. The van der Waals surface area contributed by atoms with E-state index < -0.39 is 0 Å². The number of anilines is 1. The molecule has 0 spiro atoms. The number of thioether (sulfide) groups is 1. The molecule has 0 unspecified atom stereocenters. The molecule has 1 atom stereocenters. The third-order valence-electron chi connectivity index (χ3n) is 6.40. The minimum absolute atomic E-state index is 0.0651. The lowest BCUT2D eigenvalue weighted by molar-refractivity contribution is -0.113. The number of nitrogens with one attached hydrogen (secondary N) is 2. The molecule has 3 amide bonds. The van der Waals surface area contributed by atoms with Gasteiger partial charge in [-0.3, -0.25) is 14.4 Å². The maximum atomic E-state index is 12.9. The van der Waals surface area contributed by atoms with Crippen LogP contribution in [0.15, 0.2) is 53.7 Å². The van der Waals surface area contributed by atoms with Crippen molar-refractivity contribution in [3.8, 4) is 0 Å². The van der Waals surface area contributed by atoms with E-state index in [0.29, 0.717) is 54.1 Å². The van der Waals surface area contributed by atoms with Crippen molar-refractivity contribution in [3.63, 3.8) is 0 Å². The number of morpholine rings is 1. The van der Waals surface area contributed by atoms with Gasteiger partial charge < -0.3 is 24.8 Å². The van der Waals surface area contributed by atoms with E-state index in [4.69, 9.17) is 4.74 Å². The number of amides is 3.